The highest BCUT2D eigenvalue weighted by Crippen LogP contribution is 2.15. The molecule has 0 aliphatic rings. The summed E-state index contributed by atoms with van der Waals surface area (Å²) in [5.74, 6) is -1.34. The molecule has 0 aromatic heterocycles. The van der Waals surface area contributed by atoms with Crippen LogP contribution in [0.5, 0.6) is 0 Å². The van der Waals surface area contributed by atoms with Gasteiger partial charge in [-0.3, -0.25) is 14.9 Å². The summed E-state index contributed by atoms with van der Waals surface area (Å²) >= 11 is 0. The topological polar surface area (TPSA) is 87.7 Å². The summed E-state index contributed by atoms with van der Waals surface area (Å²) < 4.78 is 18.4. The van der Waals surface area contributed by atoms with Crippen LogP contribution in [0.25, 0.3) is 0 Å². The fourth-order valence-corrected chi connectivity index (χ4v) is 2.43. The Kier molecular flexibility index (Phi) is 6.93. The van der Waals surface area contributed by atoms with Gasteiger partial charge in [-0.25, -0.2) is 9.18 Å². The van der Waals surface area contributed by atoms with Gasteiger partial charge in [0.25, 0.3) is 5.91 Å². The summed E-state index contributed by atoms with van der Waals surface area (Å²) in [5.41, 5.74) is 0.342. The van der Waals surface area contributed by atoms with Crippen LogP contribution < -0.4 is 10.6 Å². The third-order valence-electron chi connectivity index (χ3n) is 3.59. The normalized spacial score (nSPS) is 10.8. The van der Waals surface area contributed by atoms with E-state index in [1.807, 2.05) is 0 Å². The van der Waals surface area contributed by atoms with Gasteiger partial charge in [-0.1, -0.05) is 12.1 Å². The zero-order valence-electron chi connectivity index (χ0n) is 16.8. The van der Waals surface area contributed by atoms with E-state index in [0.29, 0.717) is 16.9 Å². The predicted molar refractivity (Wildman–Crippen MR) is 108 cm³/mol. The molecular weight excluding hydrogens is 377 g/mol. The number of ether oxygens (including phenoxy) is 1. The summed E-state index contributed by atoms with van der Waals surface area (Å²) in [4.78, 5) is 37.8. The molecule has 0 unspecified atom stereocenters. The molecule has 3 amide bonds. The quantitative estimate of drug-likeness (QED) is 0.796. The smallest absolute Gasteiger partial charge is 0.412 e. The minimum Gasteiger partial charge on any atom is -0.444 e. The van der Waals surface area contributed by atoms with Gasteiger partial charge < -0.3 is 15.0 Å². The maximum absolute atomic E-state index is 13.2. The first-order chi connectivity index (χ1) is 13.5. The molecule has 0 bridgehead atoms. The molecule has 2 aromatic rings. The van der Waals surface area contributed by atoms with Gasteiger partial charge in [0, 0.05) is 24.0 Å². The minimum atomic E-state index is -0.646. The van der Waals surface area contributed by atoms with Crippen LogP contribution >= 0.6 is 0 Å². The first-order valence-electron chi connectivity index (χ1n) is 8.94. The van der Waals surface area contributed by atoms with Crippen molar-refractivity contribution in [3.63, 3.8) is 0 Å². The Hall–Kier alpha value is -3.42. The largest absolute Gasteiger partial charge is 0.444 e. The van der Waals surface area contributed by atoms with Crippen molar-refractivity contribution in [3.8, 4) is 0 Å². The first kappa shape index (κ1) is 21.9. The Morgan fingerprint density at radius 2 is 1.62 bits per heavy atom. The molecule has 8 heteroatoms. The molecule has 154 valence electrons. The molecule has 0 heterocycles. The van der Waals surface area contributed by atoms with Crippen molar-refractivity contribution in [2.75, 3.05) is 24.2 Å². The summed E-state index contributed by atoms with van der Waals surface area (Å²) in [6.45, 7) is 5.02. The maximum Gasteiger partial charge on any atom is 0.412 e. The van der Waals surface area contributed by atoms with Crippen LogP contribution in [0.1, 0.15) is 31.1 Å². The molecule has 2 aromatic carbocycles. The van der Waals surface area contributed by atoms with Crippen molar-refractivity contribution >= 4 is 29.3 Å². The fraction of sp³-hybridized carbons (Fsp3) is 0.286. The Morgan fingerprint density at radius 1 is 1.00 bits per heavy atom. The number of rotatable bonds is 5. The Bertz CT molecular complexity index is 909. The van der Waals surface area contributed by atoms with E-state index in [1.165, 1.54) is 36.2 Å². The average Bonchev–Trinajstić information content (AvgIpc) is 2.59. The van der Waals surface area contributed by atoms with Crippen LogP contribution in [0, 0.1) is 5.82 Å². The molecule has 2 N–H and O–H groups in total. The van der Waals surface area contributed by atoms with Gasteiger partial charge in [0.1, 0.15) is 11.4 Å². The summed E-state index contributed by atoms with van der Waals surface area (Å²) in [5, 5.41) is 5.10. The second-order valence-electron chi connectivity index (χ2n) is 7.43. The number of likely N-dealkylation sites (N-methyl/N-ethyl adjacent to an activating group) is 1. The van der Waals surface area contributed by atoms with E-state index in [-0.39, 0.29) is 6.54 Å². The highest BCUT2D eigenvalue weighted by atomic mass is 19.1. The number of benzene rings is 2. The third kappa shape index (κ3) is 7.25. The zero-order chi connectivity index (χ0) is 21.6. The van der Waals surface area contributed by atoms with E-state index in [9.17, 15) is 18.8 Å². The monoisotopic (exact) mass is 401 g/mol. The number of hydrogen-bond donors (Lipinski definition) is 2. The first-order valence-corrected chi connectivity index (χ1v) is 8.94. The average molecular weight is 401 g/mol. The number of hydrogen-bond acceptors (Lipinski definition) is 4. The lowest BCUT2D eigenvalue weighted by molar-refractivity contribution is -0.116. The van der Waals surface area contributed by atoms with Crippen LogP contribution in [-0.4, -0.2) is 42.0 Å². The predicted octanol–water partition coefficient (Wildman–Crippen LogP) is 3.88. The van der Waals surface area contributed by atoms with Crippen molar-refractivity contribution in [2.24, 2.45) is 0 Å². The van der Waals surface area contributed by atoms with Crippen LogP contribution in [0.2, 0.25) is 0 Å². The van der Waals surface area contributed by atoms with Crippen LogP contribution in [0.3, 0.4) is 0 Å². The van der Waals surface area contributed by atoms with E-state index in [0.717, 1.165) is 0 Å². The highest BCUT2D eigenvalue weighted by molar-refractivity contribution is 6.00. The van der Waals surface area contributed by atoms with Gasteiger partial charge in [-0.05, 0) is 57.2 Å². The number of carbonyl (C=O) groups excluding carboxylic acids is 3. The lowest BCUT2D eigenvalue weighted by Crippen LogP contribution is -2.35. The molecule has 0 spiro atoms. The van der Waals surface area contributed by atoms with Gasteiger partial charge in [0.2, 0.25) is 5.91 Å². The molecule has 0 saturated heterocycles. The molecule has 0 fully saturated rings. The molecule has 0 aliphatic carbocycles. The van der Waals surface area contributed by atoms with Gasteiger partial charge in [-0.2, -0.15) is 0 Å². The Balaban J connectivity index is 1.98. The number of halogens is 1. The summed E-state index contributed by atoms with van der Waals surface area (Å²) in [7, 11) is 1.47. The van der Waals surface area contributed by atoms with Crippen LogP contribution in [-0.2, 0) is 9.53 Å². The zero-order valence-corrected chi connectivity index (χ0v) is 16.8. The van der Waals surface area contributed by atoms with Crippen molar-refractivity contribution < 1.29 is 23.5 Å². The van der Waals surface area contributed by atoms with Gasteiger partial charge in [0.15, 0.2) is 0 Å². The SMILES string of the molecule is CN(CC(=O)Nc1cccc(F)c1)C(=O)c1cccc(NC(=O)OC(C)(C)C)c1. The van der Waals surface area contributed by atoms with Crippen molar-refractivity contribution in [2.45, 2.75) is 26.4 Å². The third-order valence-corrected chi connectivity index (χ3v) is 3.59. The van der Waals surface area contributed by atoms with Crippen molar-refractivity contribution in [1.82, 2.24) is 4.90 Å². The molecule has 0 aliphatic heterocycles. The number of carbonyl (C=O) groups is 3. The number of nitrogens with zero attached hydrogens (tertiary/aromatic N) is 1. The van der Waals surface area contributed by atoms with Crippen LogP contribution in [0.15, 0.2) is 48.5 Å². The van der Waals surface area contributed by atoms with Crippen LogP contribution in [0.4, 0.5) is 20.6 Å². The lowest BCUT2D eigenvalue weighted by Gasteiger charge is -2.20. The molecule has 0 radical (unpaired) electrons. The summed E-state index contributed by atoms with van der Waals surface area (Å²) in [6.07, 6.45) is -0.634. The number of nitrogens with one attached hydrogen (secondary N) is 2. The van der Waals surface area contributed by atoms with Crippen molar-refractivity contribution in [1.29, 1.82) is 0 Å². The van der Waals surface area contributed by atoms with E-state index in [4.69, 9.17) is 4.74 Å². The van der Waals surface area contributed by atoms with Gasteiger partial charge >= 0.3 is 6.09 Å². The molecular formula is C21H24FN3O4. The van der Waals surface area contributed by atoms with Gasteiger partial charge in [0.05, 0.1) is 6.54 Å². The second kappa shape index (κ2) is 9.18. The number of anilines is 2. The van der Waals surface area contributed by atoms with E-state index < -0.39 is 29.3 Å². The maximum atomic E-state index is 13.2. The minimum absolute atomic E-state index is 0.223. The fourth-order valence-electron chi connectivity index (χ4n) is 2.43. The van der Waals surface area contributed by atoms with E-state index >= 15 is 0 Å². The molecule has 2 rings (SSSR count). The Morgan fingerprint density at radius 3 is 2.24 bits per heavy atom. The Labute approximate surface area is 168 Å². The van der Waals surface area contributed by atoms with E-state index in [1.54, 1.807) is 45.0 Å². The highest BCUT2D eigenvalue weighted by Gasteiger charge is 2.18. The molecule has 0 saturated carbocycles. The molecule has 0 atom stereocenters. The summed E-state index contributed by atoms with van der Waals surface area (Å²) in [6, 6.07) is 11.8. The van der Waals surface area contributed by atoms with Gasteiger partial charge in [-0.15, -0.1) is 0 Å². The van der Waals surface area contributed by atoms with Crippen molar-refractivity contribution in [3.05, 3.63) is 59.9 Å². The molecule has 29 heavy (non-hydrogen) atoms. The van der Waals surface area contributed by atoms with E-state index in [2.05, 4.69) is 10.6 Å². The standard InChI is InChI=1S/C21H24FN3O4/c1-21(2,3)29-20(28)24-16-9-5-7-14(11-16)19(27)25(4)13-18(26)23-17-10-6-8-15(22)12-17/h5-12H,13H2,1-4H3,(H,23,26)(H,24,28). The molecule has 7 nitrogen and oxygen atoms in total. The second-order valence-corrected chi connectivity index (χ2v) is 7.43. The lowest BCUT2D eigenvalue weighted by atomic mass is 10.1. The number of amides is 3.